The summed E-state index contributed by atoms with van der Waals surface area (Å²) in [7, 11) is 0. The molecule has 0 aliphatic rings. The molecule has 0 radical (unpaired) electrons. The first kappa shape index (κ1) is 13.5. The minimum Gasteiger partial charge on any atom is -0.377 e. The van der Waals surface area contributed by atoms with Crippen molar-refractivity contribution in [3.05, 3.63) is 56.8 Å². The number of nitrogens with one attached hydrogen (secondary N) is 1. The smallest absolute Gasteiger partial charge is 0.271 e. The number of rotatable bonds is 6. The summed E-state index contributed by atoms with van der Waals surface area (Å²) in [5.74, 6) is 0. The highest BCUT2D eigenvalue weighted by Gasteiger charge is 2.13. The summed E-state index contributed by atoms with van der Waals surface area (Å²) in [4.78, 5) is 11.7. The van der Waals surface area contributed by atoms with Crippen molar-refractivity contribution >= 4 is 22.7 Å². The van der Waals surface area contributed by atoms with E-state index < -0.39 is 0 Å². The maximum atomic E-state index is 10.8. The fourth-order valence-electron chi connectivity index (χ4n) is 1.97. The quantitative estimate of drug-likeness (QED) is 0.619. The predicted octanol–water partition coefficient (Wildman–Crippen LogP) is 4.61. The molecule has 0 saturated carbocycles. The summed E-state index contributed by atoms with van der Waals surface area (Å²) in [5, 5.41) is 16.2. The molecule has 1 unspecified atom stereocenters. The Balaban J connectivity index is 2.17. The molecule has 1 atom stereocenters. The molecule has 1 aromatic heterocycles. The average molecular weight is 276 g/mol. The SMILES string of the molecule is CCCC(Nc1cccc([N+](=O)[O-])c1)c1cccs1. The summed E-state index contributed by atoms with van der Waals surface area (Å²) < 4.78 is 0. The van der Waals surface area contributed by atoms with Crippen molar-refractivity contribution in [2.24, 2.45) is 0 Å². The predicted molar refractivity (Wildman–Crippen MR) is 78.7 cm³/mol. The second-order valence-corrected chi connectivity index (χ2v) is 5.29. The minimum absolute atomic E-state index is 0.117. The van der Waals surface area contributed by atoms with Gasteiger partial charge >= 0.3 is 0 Å². The summed E-state index contributed by atoms with van der Waals surface area (Å²) >= 11 is 1.70. The third-order valence-corrected chi connectivity index (χ3v) is 3.85. The number of nitro groups is 1. The number of nitrogens with zero attached hydrogens (tertiary/aromatic N) is 1. The first-order valence-electron chi connectivity index (χ1n) is 6.25. The molecule has 2 rings (SSSR count). The largest absolute Gasteiger partial charge is 0.377 e. The van der Waals surface area contributed by atoms with Crippen LogP contribution in [-0.2, 0) is 0 Å². The second kappa shape index (κ2) is 6.33. The molecule has 1 heterocycles. The van der Waals surface area contributed by atoms with E-state index in [-0.39, 0.29) is 16.7 Å². The Hall–Kier alpha value is -1.88. The van der Waals surface area contributed by atoms with Gasteiger partial charge in [0.2, 0.25) is 0 Å². The van der Waals surface area contributed by atoms with E-state index in [1.165, 1.54) is 10.9 Å². The lowest BCUT2D eigenvalue weighted by Crippen LogP contribution is -2.09. The zero-order valence-electron chi connectivity index (χ0n) is 10.7. The third-order valence-electron chi connectivity index (χ3n) is 2.86. The summed E-state index contributed by atoms with van der Waals surface area (Å²) in [6.45, 7) is 2.13. The Bertz CT molecular complexity index is 540. The Morgan fingerprint density at radius 3 is 2.84 bits per heavy atom. The highest BCUT2D eigenvalue weighted by Crippen LogP contribution is 2.28. The number of nitro benzene ring substituents is 1. The van der Waals surface area contributed by atoms with Crippen molar-refractivity contribution in [1.82, 2.24) is 0 Å². The van der Waals surface area contributed by atoms with E-state index in [2.05, 4.69) is 18.3 Å². The van der Waals surface area contributed by atoms with Crippen LogP contribution >= 0.6 is 11.3 Å². The molecule has 0 amide bonds. The lowest BCUT2D eigenvalue weighted by molar-refractivity contribution is -0.384. The molecule has 19 heavy (non-hydrogen) atoms. The molecular weight excluding hydrogens is 260 g/mol. The van der Waals surface area contributed by atoms with Crippen molar-refractivity contribution in [1.29, 1.82) is 0 Å². The van der Waals surface area contributed by atoms with Gasteiger partial charge in [-0.3, -0.25) is 10.1 Å². The van der Waals surface area contributed by atoms with Crippen molar-refractivity contribution < 1.29 is 4.92 Å². The summed E-state index contributed by atoms with van der Waals surface area (Å²) in [6, 6.07) is 11.0. The van der Waals surface area contributed by atoms with Gasteiger partial charge in [-0.2, -0.15) is 0 Å². The number of anilines is 1. The Morgan fingerprint density at radius 2 is 2.21 bits per heavy atom. The highest BCUT2D eigenvalue weighted by molar-refractivity contribution is 7.10. The molecule has 0 bridgehead atoms. The molecule has 1 N–H and O–H groups in total. The van der Waals surface area contributed by atoms with Crippen LogP contribution in [-0.4, -0.2) is 4.92 Å². The van der Waals surface area contributed by atoms with Crippen LogP contribution in [0.15, 0.2) is 41.8 Å². The van der Waals surface area contributed by atoms with Crippen LogP contribution in [0.5, 0.6) is 0 Å². The molecule has 0 aliphatic carbocycles. The van der Waals surface area contributed by atoms with Crippen molar-refractivity contribution in [3.63, 3.8) is 0 Å². The molecule has 0 spiro atoms. The molecule has 1 aromatic carbocycles. The molecule has 5 heteroatoms. The van der Waals surface area contributed by atoms with Gasteiger partial charge in [0.15, 0.2) is 0 Å². The first-order chi connectivity index (χ1) is 9.20. The molecule has 0 aliphatic heterocycles. The standard InChI is InChI=1S/C14H16N2O2S/c1-2-5-13(14-8-4-9-19-14)15-11-6-3-7-12(10-11)16(17)18/h3-4,6-10,13,15H,2,5H2,1H3. The topological polar surface area (TPSA) is 55.2 Å². The van der Waals surface area contributed by atoms with Gasteiger partial charge in [0.1, 0.15) is 0 Å². The van der Waals surface area contributed by atoms with Crippen molar-refractivity contribution in [2.75, 3.05) is 5.32 Å². The van der Waals surface area contributed by atoms with E-state index in [0.717, 1.165) is 18.5 Å². The number of benzene rings is 1. The van der Waals surface area contributed by atoms with Gasteiger partial charge in [-0.1, -0.05) is 25.5 Å². The van der Waals surface area contributed by atoms with E-state index in [9.17, 15) is 10.1 Å². The number of hydrogen-bond donors (Lipinski definition) is 1. The monoisotopic (exact) mass is 276 g/mol. The van der Waals surface area contributed by atoms with Crippen LogP contribution < -0.4 is 5.32 Å². The van der Waals surface area contributed by atoms with E-state index in [4.69, 9.17) is 0 Å². The number of hydrogen-bond acceptors (Lipinski definition) is 4. The maximum Gasteiger partial charge on any atom is 0.271 e. The zero-order valence-corrected chi connectivity index (χ0v) is 11.5. The van der Waals surface area contributed by atoms with Gasteiger partial charge in [-0.25, -0.2) is 0 Å². The normalized spacial score (nSPS) is 12.1. The van der Waals surface area contributed by atoms with E-state index in [1.54, 1.807) is 23.5 Å². The lowest BCUT2D eigenvalue weighted by atomic mass is 10.1. The second-order valence-electron chi connectivity index (χ2n) is 4.31. The van der Waals surface area contributed by atoms with Crippen LogP contribution in [0.25, 0.3) is 0 Å². The van der Waals surface area contributed by atoms with Crippen LogP contribution in [0.1, 0.15) is 30.7 Å². The van der Waals surface area contributed by atoms with Gasteiger partial charge in [-0.05, 0) is 23.9 Å². The molecule has 0 saturated heterocycles. The van der Waals surface area contributed by atoms with Gasteiger partial charge in [-0.15, -0.1) is 11.3 Å². The molecular formula is C14H16N2O2S. The van der Waals surface area contributed by atoms with E-state index >= 15 is 0 Å². The fourth-order valence-corrected chi connectivity index (χ4v) is 2.79. The van der Waals surface area contributed by atoms with Gasteiger partial charge in [0.25, 0.3) is 5.69 Å². The number of non-ortho nitro benzene ring substituents is 1. The van der Waals surface area contributed by atoms with Crippen LogP contribution in [0.4, 0.5) is 11.4 Å². The van der Waals surface area contributed by atoms with Gasteiger partial charge < -0.3 is 5.32 Å². The van der Waals surface area contributed by atoms with Crippen molar-refractivity contribution in [2.45, 2.75) is 25.8 Å². The van der Waals surface area contributed by atoms with Crippen LogP contribution in [0.2, 0.25) is 0 Å². The van der Waals surface area contributed by atoms with Crippen LogP contribution in [0.3, 0.4) is 0 Å². The Kier molecular flexibility index (Phi) is 4.52. The summed E-state index contributed by atoms with van der Waals surface area (Å²) in [6.07, 6.45) is 2.06. The highest BCUT2D eigenvalue weighted by atomic mass is 32.1. The molecule has 4 nitrogen and oxygen atoms in total. The van der Waals surface area contributed by atoms with Crippen molar-refractivity contribution in [3.8, 4) is 0 Å². The van der Waals surface area contributed by atoms with Gasteiger partial charge in [0, 0.05) is 22.7 Å². The average Bonchev–Trinajstić information content (AvgIpc) is 2.92. The molecule has 100 valence electrons. The fraction of sp³-hybridized carbons (Fsp3) is 0.286. The molecule has 2 aromatic rings. The Labute approximate surface area is 116 Å². The number of thiophene rings is 1. The zero-order chi connectivity index (χ0) is 13.7. The van der Waals surface area contributed by atoms with Gasteiger partial charge in [0.05, 0.1) is 11.0 Å². The molecule has 0 fully saturated rings. The summed E-state index contributed by atoms with van der Waals surface area (Å²) in [5.41, 5.74) is 0.910. The van der Waals surface area contributed by atoms with Crippen LogP contribution in [0, 0.1) is 10.1 Å². The lowest BCUT2D eigenvalue weighted by Gasteiger charge is -2.17. The maximum absolute atomic E-state index is 10.8. The van der Waals surface area contributed by atoms with E-state index in [0.29, 0.717) is 0 Å². The Morgan fingerprint density at radius 1 is 1.37 bits per heavy atom. The minimum atomic E-state index is -0.370. The third kappa shape index (κ3) is 3.54. The first-order valence-corrected chi connectivity index (χ1v) is 7.13. The van der Waals surface area contributed by atoms with E-state index in [1.807, 2.05) is 17.5 Å².